The van der Waals surface area contributed by atoms with Crippen molar-refractivity contribution in [3.05, 3.63) is 35.9 Å². The largest absolute Gasteiger partial charge is 0.385 e. The fraction of sp³-hybridized carbons (Fsp3) is 0.500. The van der Waals surface area contributed by atoms with E-state index >= 15 is 0 Å². The number of ketones is 1. The lowest BCUT2D eigenvalue weighted by Gasteiger charge is -2.02. The van der Waals surface area contributed by atoms with E-state index in [-0.39, 0.29) is 5.78 Å². The summed E-state index contributed by atoms with van der Waals surface area (Å²) in [6.07, 6.45) is 1.98. The van der Waals surface area contributed by atoms with Crippen molar-refractivity contribution in [2.75, 3.05) is 25.2 Å². The molecule has 0 aliphatic rings. The Balaban J connectivity index is 2.18. The van der Waals surface area contributed by atoms with Gasteiger partial charge in [-0.3, -0.25) is 9.00 Å². The monoisotopic (exact) mass is 268 g/mol. The van der Waals surface area contributed by atoms with Gasteiger partial charge in [0.1, 0.15) is 0 Å². The highest BCUT2D eigenvalue weighted by Gasteiger charge is 2.06. The number of benzene rings is 1. The normalized spacial score (nSPS) is 12.3. The minimum Gasteiger partial charge on any atom is -0.385 e. The topological polar surface area (TPSA) is 43.4 Å². The van der Waals surface area contributed by atoms with Gasteiger partial charge in [0.25, 0.3) is 0 Å². The van der Waals surface area contributed by atoms with E-state index in [0.29, 0.717) is 31.0 Å². The quantitative estimate of drug-likeness (QED) is 0.510. The zero-order valence-corrected chi connectivity index (χ0v) is 11.6. The molecule has 4 heteroatoms. The first kappa shape index (κ1) is 15.1. The van der Waals surface area contributed by atoms with E-state index in [9.17, 15) is 9.00 Å². The zero-order valence-electron chi connectivity index (χ0n) is 10.8. The number of rotatable bonds is 9. The molecule has 1 atom stereocenters. The summed E-state index contributed by atoms with van der Waals surface area (Å²) in [6, 6.07) is 9.24. The molecule has 0 heterocycles. The van der Waals surface area contributed by atoms with Crippen molar-refractivity contribution in [1.29, 1.82) is 0 Å². The molecular formula is C14H20O3S. The first-order valence-electron chi connectivity index (χ1n) is 6.16. The molecule has 0 bridgehead atoms. The Kier molecular flexibility index (Phi) is 7.53. The van der Waals surface area contributed by atoms with Crippen LogP contribution >= 0.6 is 0 Å². The molecule has 0 aromatic heterocycles. The van der Waals surface area contributed by atoms with Crippen LogP contribution in [0.2, 0.25) is 0 Å². The zero-order chi connectivity index (χ0) is 13.2. The molecule has 0 N–H and O–H groups in total. The maximum atomic E-state index is 11.8. The second-order valence-corrected chi connectivity index (χ2v) is 5.78. The molecule has 0 saturated heterocycles. The number of carbonyl (C=O) groups is 1. The summed E-state index contributed by atoms with van der Waals surface area (Å²) in [6.45, 7) is 0.648. The van der Waals surface area contributed by atoms with Crippen molar-refractivity contribution in [1.82, 2.24) is 0 Å². The Morgan fingerprint density at radius 3 is 2.50 bits per heavy atom. The van der Waals surface area contributed by atoms with E-state index < -0.39 is 10.8 Å². The second kappa shape index (κ2) is 9.00. The third kappa shape index (κ3) is 6.07. The SMILES string of the molecule is COCCCS(=O)CCCC(=O)c1ccccc1. The van der Waals surface area contributed by atoms with Crippen molar-refractivity contribution in [3.8, 4) is 0 Å². The molecule has 100 valence electrons. The van der Waals surface area contributed by atoms with E-state index in [0.717, 1.165) is 12.0 Å². The van der Waals surface area contributed by atoms with Crippen LogP contribution in [0.3, 0.4) is 0 Å². The summed E-state index contributed by atoms with van der Waals surface area (Å²) < 4.78 is 16.5. The summed E-state index contributed by atoms with van der Waals surface area (Å²) in [5.41, 5.74) is 0.739. The maximum absolute atomic E-state index is 11.8. The highest BCUT2D eigenvalue weighted by Crippen LogP contribution is 2.05. The van der Waals surface area contributed by atoms with Gasteiger partial charge in [0.2, 0.25) is 0 Å². The third-order valence-electron chi connectivity index (χ3n) is 2.59. The predicted molar refractivity (Wildman–Crippen MR) is 74.4 cm³/mol. The molecule has 0 amide bonds. The average molecular weight is 268 g/mol. The molecule has 3 nitrogen and oxygen atoms in total. The van der Waals surface area contributed by atoms with Gasteiger partial charge < -0.3 is 4.74 Å². The van der Waals surface area contributed by atoms with E-state index in [2.05, 4.69) is 0 Å². The van der Waals surface area contributed by atoms with Gasteiger partial charge in [-0.25, -0.2) is 0 Å². The van der Waals surface area contributed by atoms with Gasteiger partial charge in [-0.15, -0.1) is 0 Å². The summed E-state index contributed by atoms with van der Waals surface area (Å²) in [5, 5.41) is 0. The van der Waals surface area contributed by atoms with E-state index in [4.69, 9.17) is 4.74 Å². The molecule has 0 fully saturated rings. The van der Waals surface area contributed by atoms with Crippen molar-refractivity contribution in [3.63, 3.8) is 0 Å². The molecule has 18 heavy (non-hydrogen) atoms. The molecule has 0 aliphatic carbocycles. The summed E-state index contributed by atoms with van der Waals surface area (Å²) in [4.78, 5) is 11.8. The molecule has 0 aliphatic heterocycles. The van der Waals surface area contributed by atoms with E-state index in [1.54, 1.807) is 7.11 Å². The Bertz CT molecular complexity index is 376. The van der Waals surface area contributed by atoms with Crippen LogP contribution < -0.4 is 0 Å². The molecule has 1 aromatic carbocycles. The molecule has 0 spiro atoms. The lowest BCUT2D eigenvalue weighted by molar-refractivity contribution is 0.0982. The van der Waals surface area contributed by atoms with Crippen molar-refractivity contribution < 1.29 is 13.7 Å². The molecule has 0 radical (unpaired) electrons. The first-order valence-corrected chi connectivity index (χ1v) is 7.65. The first-order chi connectivity index (χ1) is 8.74. The number of methoxy groups -OCH3 is 1. The van der Waals surface area contributed by atoms with Crippen molar-refractivity contribution in [2.24, 2.45) is 0 Å². The van der Waals surface area contributed by atoms with Crippen LogP contribution in [0.5, 0.6) is 0 Å². The fourth-order valence-corrected chi connectivity index (χ4v) is 2.74. The molecular weight excluding hydrogens is 248 g/mol. The Morgan fingerprint density at radius 1 is 1.17 bits per heavy atom. The number of ether oxygens (including phenoxy) is 1. The number of hydrogen-bond acceptors (Lipinski definition) is 3. The fourth-order valence-electron chi connectivity index (χ4n) is 1.63. The van der Waals surface area contributed by atoms with Gasteiger partial charge in [-0.1, -0.05) is 30.3 Å². The van der Waals surface area contributed by atoms with Crippen molar-refractivity contribution >= 4 is 16.6 Å². The van der Waals surface area contributed by atoms with Gasteiger partial charge in [-0.05, 0) is 12.8 Å². The van der Waals surface area contributed by atoms with E-state index in [1.165, 1.54) is 0 Å². The van der Waals surface area contributed by atoms with Gasteiger partial charge in [0, 0.05) is 48.0 Å². The summed E-state index contributed by atoms with van der Waals surface area (Å²) in [5.74, 6) is 1.39. The Hall–Kier alpha value is -1.00. The van der Waals surface area contributed by atoms with Gasteiger partial charge in [-0.2, -0.15) is 0 Å². The van der Waals surface area contributed by atoms with Crippen LogP contribution in [0.4, 0.5) is 0 Å². The van der Waals surface area contributed by atoms with Crippen LogP contribution in [-0.2, 0) is 15.5 Å². The second-order valence-electron chi connectivity index (χ2n) is 4.09. The number of Topliss-reactive ketones (excluding diaryl/α,β-unsaturated/α-hetero) is 1. The van der Waals surface area contributed by atoms with Crippen LogP contribution in [-0.4, -0.2) is 35.2 Å². The molecule has 1 unspecified atom stereocenters. The third-order valence-corrected chi connectivity index (χ3v) is 4.08. The standard InChI is InChI=1S/C14H20O3S/c1-17-10-6-12-18(16)11-5-9-14(15)13-7-3-2-4-8-13/h2-4,7-8H,5-6,9-12H2,1H3. The van der Waals surface area contributed by atoms with Crippen LogP contribution in [0.25, 0.3) is 0 Å². The maximum Gasteiger partial charge on any atom is 0.162 e. The van der Waals surface area contributed by atoms with E-state index in [1.807, 2.05) is 30.3 Å². The van der Waals surface area contributed by atoms with Gasteiger partial charge in [0.05, 0.1) is 0 Å². The highest BCUT2D eigenvalue weighted by molar-refractivity contribution is 7.84. The average Bonchev–Trinajstić information content (AvgIpc) is 2.40. The smallest absolute Gasteiger partial charge is 0.162 e. The number of carbonyl (C=O) groups excluding carboxylic acids is 1. The predicted octanol–water partition coefficient (Wildman–Crippen LogP) is 2.43. The Morgan fingerprint density at radius 2 is 1.83 bits per heavy atom. The molecule has 1 rings (SSSR count). The van der Waals surface area contributed by atoms with Gasteiger partial charge >= 0.3 is 0 Å². The van der Waals surface area contributed by atoms with Gasteiger partial charge in [0.15, 0.2) is 5.78 Å². The van der Waals surface area contributed by atoms with Crippen LogP contribution in [0.15, 0.2) is 30.3 Å². The van der Waals surface area contributed by atoms with Crippen LogP contribution in [0, 0.1) is 0 Å². The minimum absolute atomic E-state index is 0.129. The molecule has 1 aromatic rings. The van der Waals surface area contributed by atoms with Crippen LogP contribution in [0.1, 0.15) is 29.6 Å². The minimum atomic E-state index is -0.827. The lowest BCUT2D eigenvalue weighted by atomic mass is 10.1. The summed E-state index contributed by atoms with van der Waals surface area (Å²) in [7, 11) is 0.814. The molecule has 0 saturated carbocycles. The summed E-state index contributed by atoms with van der Waals surface area (Å²) >= 11 is 0. The lowest BCUT2D eigenvalue weighted by Crippen LogP contribution is -2.07. The van der Waals surface area contributed by atoms with Crippen molar-refractivity contribution in [2.45, 2.75) is 19.3 Å². The number of hydrogen-bond donors (Lipinski definition) is 0. The highest BCUT2D eigenvalue weighted by atomic mass is 32.2. The Labute approximate surface area is 111 Å².